The minimum absolute atomic E-state index is 0.0183. The Kier molecular flexibility index (Phi) is 6.57. The van der Waals surface area contributed by atoms with Crippen molar-refractivity contribution in [2.24, 2.45) is 5.92 Å². The first-order valence-corrected chi connectivity index (χ1v) is 12.8. The fourth-order valence-corrected chi connectivity index (χ4v) is 6.19. The molecule has 2 N–H and O–H groups in total. The van der Waals surface area contributed by atoms with Crippen molar-refractivity contribution in [2.45, 2.75) is 95.5 Å². The third kappa shape index (κ3) is 4.73. The molecule has 2 saturated carbocycles. The smallest absolute Gasteiger partial charge is 0.255 e. The van der Waals surface area contributed by atoms with Crippen LogP contribution < -0.4 is 10.6 Å². The minimum atomic E-state index is -0.395. The van der Waals surface area contributed by atoms with Gasteiger partial charge in [-0.15, -0.1) is 0 Å². The monoisotopic (exact) mass is 451 g/mol. The zero-order valence-electron chi connectivity index (χ0n) is 19.8. The lowest BCUT2D eigenvalue weighted by Gasteiger charge is -2.41. The molecule has 0 spiro atoms. The maximum atomic E-state index is 13.0. The molecular weight excluding hydrogens is 414 g/mol. The van der Waals surface area contributed by atoms with Gasteiger partial charge in [0, 0.05) is 36.5 Å². The lowest BCUT2D eigenvalue weighted by Crippen LogP contribution is -2.52. The Morgan fingerprint density at radius 2 is 2.00 bits per heavy atom. The van der Waals surface area contributed by atoms with E-state index in [1.807, 2.05) is 6.07 Å². The van der Waals surface area contributed by atoms with E-state index < -0.39 is 6.04 Å². The third-order valence-electron chi connectivity index (χ3n) is 8.05. The number of hydrogen-bond acceptors (Lipinski definition) is 4. The highest BCUT2D eigenvalue weighted by molar-refractivity contribution is 6.01. The lowest BCUT2D eigenvalue weighted by atomic mass is 9.78. The van der Waals surface area contributed by atoms with Crippen LogP contribution in [0.15, 0.2) is 30.5 Å². The fraction of sp³-hybridized carbons (Fsp3) is 0.630. The molecule has 2 aliphatic carbocycles. The van der Waals surface area contributed by atoms with Gasteiger partial charge in [-0.25, -0.2) is 0 Å². The first kappa shape index (κ1) is 22.6. The fourth-order valence-electron chi connectivity index (χ4n) is 6.19. The van der Waals surface area contributed by atoms with Gasteiger partial charge in [0.15, 0.2) is 0 Å². The third-order valence-corrected chi connectivity index (χ3v) is 8.05. The van der Waals surface area contributed by atoms with Gasteiger partial charge in [-0.3, -0.25) is 9.59 Å². The molecule has 3 atom stereocenters. The molecule has 1 aromatic rings. The standard InChI is InChI=1S/C27H37N3O3/c1-3-33-22-14-21(15-22)29-24-7-5-4-6-19(24)12-18-9-10-23-20(13-18)16-30(27(23)32)25-11-8-17(2)28-26(25)31/h9-10,13,19,21-22,24-25,29H,2-8,11-12,14-16H2,1H3,(H,28,31)/t19-,21?,22?,24+,25?/m1/s1. The van der Waals surface area contributed by atoms with Gasteiger partial charge in [-0.1, -0.05) is 31.6 Å². The van der Waals surface area contributed by atoms with Crippen LogP contribution in [0.4, 0.5) is 0 Å². The van der Waals surface area contributed by atoms with Gasteiger partial charge in [0.25, 0.3) is 5.91 Å². The molecule has 0 aromatic heterocycles. The predicted octanol–water partition coefficient (Wildman–Crippen LogP) is 3.69. The molecule has 178 valence electrons. The van der Waals surface area contributed by atoms with E-state index in [0.717, 1.165) is 49.1 Å². The summed E-state index contributed by atoms with van der Waals surface area (Å²) >= 11 is 0. The van der Waals surface area contributed by atoms with Crippen LogP contribution in [0.1, 0.15) is 79.8 Å². The largest absolute Gasteiger partial charge is 0.378 e. The van der Waals surface area contributed by atoms with Crippen molar-refractivity contribution < 1.29 is 14.3 Å². The molecule has 1 unspecified atom stereocenters. The van der Waals surface area contributed by atoms with Crippen LogP contribution in [0, 0.1) is 5.92 Å². The van der Waals surface area contributed by atoms with Crippen LogP contribution in [-0.4, -0.2) is 47.6 Å². The maximum absolute atomic E-state index is 13.0. The van der Waals surface area contributed by atoms with Crippen LogP contribution >= 0.6 is 0 Å². The number of benzene rings is 1. The number of rotatable bonds is 7. The Balaban J connectivity index is 1.22. The summed E-state index contributed by atoms with van der Waals surface area (Å²) in [5.74, 6) is 0.507. The van der Waals surface area contributed by atoms with Crippen LogP contribution in [0.5, 0.6) is 0 Å². The molecule has 2 heterocycles. The molecule has 0 bridgehead atoms. The van der Waals surface area contributed by atoms with E-state index in [1.165, 1.54) is 31.2 Å². The molecule has 3 fully saturated rings. The Bertz CT molecular complexity index is 923. The normalized spacial score (nSPS) is 31.8. The van der Waals surface area contributed by atoms with Gasteiger partial charge >= 0.3 is 0 Å². The molecule has 5 rings (SSSR count). The van der Waals surface area contributed by atoms with Gasteiger partial charge in [0.05, 0.1) is 6.10 Å². The number of amides is 2. The zero-order valence-corrected chi connectivity index (χ0v) is 19.8. The number of fused-ring (bicyclic) bond motifs is 1. The van der Waals surface area contributed by atoms with Crippen molar-refractivity contribution in [3.05, 3.63) is 47.2 Å². The van der Waals surface area contributed by atoms with Gasteiger partial charge in [-0.2, -0.15) is 0 Å². The van der Waals surface area contributed by atoms with E-state index in [9.17, 15) is 9.59 Å². The first-order valence-electron chi connectivity index (χ1n) is 12.8. The van der Waals surface area contributed by atoms with E-state index in [1.54, 1.807) is 4.90 Å². The van der Waals surface area contributed by atoms with Gasteiger partial charge in [-0.05, 0) is 75.0 Å². The molecule has 4 aliphatic rings. The number of nitrogens with zero attached hydrogens (tertiary/aromatic N) is 1. The summed E-state index contributed by atoms with van der Waals surface area (Å²) in [6.07, 6.45) is 10.2. The highest BCUT2D eigenvalue weighted by atomic mass is 16.5. The summed E-state index contributed by atoms with van der Waals surface area (Å²) < 4.78 is 5.73. The highest BCUT2D eigenvalue weighted by Crippen LogP contribution is 2.33. The summed E-state index contributed by atoms with van der Waals surface area (Å²) in [6.45, 7) is 7.26. The predicted molar refractivity (Wildman–Crippen MR) is 128 cm³/mol. The number of ether oxygens (including phenoxy) is 1. The van der Waals surface area contributed by atoms with E-state index in [4.69, 9.17) is 4.74 Å². The molecule has 2 aliphatic heterocycles. The van der Waals surface area contributed by atoms with Crippen molar-refractivity contribution >= 4 is 11.8 Å². The topological polar surface area (TPSA) is 70.7 Å². The SMILES string of the molecule is C=C1CCC(N2Cc3cc(C[C@H]4CCCC[C@@H]4NC4CC(OCC)C4)ccc3C2=O)C(=O)N1. The zero-order chi connectivity index (χ0) is 22.9. The van der Waals surface area contributed by atoms with E-state index in [0.29, 0.717) is 37.1 Å². The number of piperidine rings is 1. The van der Waals surface area contributed by atoms with E-state index in [-0.39, 0.29) is 11.8 Å². The summed E-state index contributed by atoms with van der Waals surface area (Å²) in [7, 11) is 0. The Hall–Kier alpha value is -2.18. The van der Waals surface area contributed by atoms with Crippen molar-refractivity contribution in [3.8, 4) is 0 Å². The van der Waals surface area contributed by atoms with Crippen LogP contribution in [0.25, 0.3) is 0 Å². The number of hydrogen-bond donors (Lipinski definition) is 2. The average molecular weight is 452 g/mol. The Labute approximate surface area is 197 Å². The number of allylic oxidation sites excluding steroid dienone is 1. The second-order valence-corrected chi connectivity index (χ2v) is 10.3. The summed E-state index contributed by atoms with van der Waals surface area (Å²) in [5.41, 5.74) is 3.87. The average Bonchev–Trinajstić information content (AvgIpc) is 3.09. The number of carbonyl (C=O) groups is 2. The second kappa shape index (κ2) is 9.59. The quantitative estimate of drug-likeness (QED) is 0.663. The van der Waals surface area contributed by atoms with Crippen LogP contribution in [0.3, 0.4) is 0 Å². The van der Waals surface area contributed by atoms with Gasteiger partial charge in [0.1, 0.15) is 6.04 Å². The first-order chi connectivity index (χ1) is 16.0. The molecule has 0 radical (unpaired) electrons. The number of carbonyl (C=O) groups excluding carboxylic acids is 2. The molecule has 6 heteroatoms. The summed E-state index contributed by atoms with van der Waals surface area (Å²) in [5, 5.41) is 6.75. The number of nitrogens with one attached hydrogen (secondary N) is 2. The van der Waals surface area contributed by atoms with Crippen molar-refractivity contribution in [1.82, 2.24) is 15.5 Å². The minimum Gasteiger partial charge on any atom is -0.378 e. The molecular formula is C27H37N3O3. The van der Waals surface area contributed by atoms with Crippen LogP contribution in [0.2, 0.25) is 0 Å². The molecule has 1 aromatic carbocycles. The van der Waals surface area contributed by atoms with Crippen LogP contribution in [-0.2, 0) is 22.5 Å². The summed E-state index contributed by atoms with van der Waals surface area (Å²) in [4.78, 5) is 27.2. The van der Waals surface area contributed by atoms with E-state index >= 15 is 0 Å². The summed E-state index contributed by atoms with van der Waals surface area (Å²) in [6, 6.07) is 7.09. The lowest BCUT2D eigenvalue weighted by molar-refractivity contribution is -0.126. The van der Waals surface area contributed by atoms with Gasteiger partial charge in [0.2, 0.25) is 5.91 Å². The Morgan fingerprint density at radius 1 is 1.18 bits per heavy atom. The highest BCUT2D eigenvalue weighted by Gasteiger charge is 2.38. The Morgan fingerprint density at radius 3 is 2.79 bits per heavy atom. The van der Waals surface area contributed by atoms with Crippen molar-refractivity contribution in [1.29, 1.82) is 0 Å². The van der Waals surface area contributed by atoms with Gasteiger partial charge < -0.3 is 20.3 Å². The van der Waals surface area contributed by atoms with Crippen molar-refractivity contribution in [3.63, 3.8) is 0 Å². The molecule has 2 amide bonds. The molecule has 33 heavy (non-hydrogen) atoms. The maximum Gasteiger partial charge on any atom is 0.255 e. The van der Waals surface area contributed by atoms with Crippen molar-refractivity contribution in [2.75, 3.05) is 6.61 Å². The molecule has 6 nitrogen and oxygen atoms in total. The molecule has 1 saturated heterocycles. The second-order valence-electron chi connectivity index (χ2n) is 10.3. The van der Waals surface area contributed by atoms with E-state index in [2.05, 4.69) is 36.3 Å².